The van der Waals surface area contributed by atoms with Gasteiger partial charge in [-0.25, -0.2) is 0 Å². The SMILES string of the molecule is C[C@@H](/C=C/[C@@H](N)[C@@H]1OC(C)(C)O[C@H]1CO[Si](C)(C)C(C)(C)C)O[Si](c1ccccc1)(c1ccccc1)C(C)(C)C. The smallest absolute Gasteiger partial charge is 0.261 e. The quantitative estimate of drug-likeness (QED) is 0.260. The van der Waals surface area contributed by atoms with Gasteiger partial charge in [-0.15, -0.1) is 0 Å². The lowest BCUT2D eigenvalue weighted by molar-refractivity contribution is -0.149. The van der Waals surface area contributed by atoms with Crippen molar-refractivity contribution in [1.82, 2.24) is 0 Å². The van der Waals surface area contributed by atoms with Gasteiger partial charge in [0.15, 0.2) is 14.1 Å². The van der Waals surface area contributed by atoms with Crippen LogP contribution in [0.4, 0.5) is 0 Å². The van der Waals surface area contributed by atoms with Crippen LogP contribution in [0.25, 0.3) is 0 Å². The van der Waals surface area contributed by atoms with E-state index in [2.05, 4.69) is 128 Å². The summed E-state index contributed by atoms with van der Waals surface area (Å²) >= 11 is 0. The molecule has 1 aliphatic rings. The molecule has 4 atom stereocenters. The molecule has 0 radical (unpaired) electrons. The minimum Gasteiger partial charge on any atom is -0.414 e. The first kappa shape index (κ1) is 32.9. The number of ether oxygens (including phenoxy) is 2. The van der Waals surface area contributed by atoms with Crippen LogP contribution in [0.15, 0.2) is 72.8 Å². The first-order chi connectivity index (χ1) is 18.4. The van der Waals surface area contributed by atoms with E-state index in [0.717, 1.165) is 0 Å². The Morgan fingerprint density at radius 1 is 0.850 bits per heavy atom. The molecule has 0 bridgehead atoms. The highest BCUT2D eigenvalue weighted by Crippen LogP contribution is 2.39. The lowest BCUT2D eigenvalue weighted by atomic mass is 10.1. The first-order valence-electron chi connectivity index (χ1n) is 14.6. The summed E-state index contributed by atoms with van der Waals surface area (Å²) in [6, 6.07) is 21.1. The zero-order chi connectivity index (χ0) is 30.0. The Morgan fingerprint density at radius 2 is 1.35 bits per heavy atom. The van der Waals surface area contributed by atoms with Crippen LogP contribution >= 0.6 is 0 Å². The zero-order valence-electron chi connectivity index (χ0n) is 26.7. The molecule has 1 fully saturated rings. The Bertz CT molecular complexity index is 1070. The lowest BCUT2D eigenvalue weighted by Gasteiger charge is -2.44. The van der Waals surface area contributed by atoms with Crippen LogP contribution in [0.3, 0.4) is 0 Å². The maximum Gasteiger partial charge on any atom is 0.261 e. The summed E-state index contributed by atoms with van der Waals surface area (Å²) < 4.78 is 26.3. The first-order valence-corrected chi connectivity index (χ1v) is 19.4. The number of benzene rings is 2. The molecule has 222 valence electrons. The second kappa shape index (κ2) is 12.3. The predicted octanol–water partition coefficient (Wildman–Crippen LogP) is 6.38. The molecule has 2 aromatic carbocycles. The third-order valence-corrected chi connectivity index (χ3v) is 18.0. The van der Waals surface area contributed by atoms with Crippen molar-refractivity contribution in [2.45, 2.75) is 116 Å². The van der Waals surface area contributed by atoms with E-state index in [1.165, 1.54) is 10.4 Å². The summed E-state index contributed by atoms with van der Waals surface area (Å²) in [5.41, 5.74) is 6.76. The normalized spacial score (nSPS) is 22.0. The van der Waals surface area contributed by atoms with Crippen LogP contribution < -0.4 is 16.1 Å². The van der Waals surface area contributed by atoms with Gasteiger partial charge in [0.2, 0.25) is 0 Å². The van der Waals surface area contributed by atoms with E-state index in [9.17, 15) is 0 Å². The van der Waals surface area contributed by atoms with Crippen molar-refractivity contribution in [3.63, 3.8) is 0 Å². The Balaban J connectivity index is 1.84. The molecule has 0 saturated carbocycles. The van der Waals surface area contributed by atoms with Crippen molar-refractivity contribution in [2.24, 2.45) is 5.73 Å². The highest BCUT2D eigenvalue weighted by Gasteiger charge is 2.51. The number of hydrogen-bond donors (Lipinski definition) is 1. The lowest BCUT2D eigenvalue weighted by Crippen LogP contribution is -2.67. The molecular weight excluding hydrogens is 531 g/mol. The van der Waals surface area contributed by atoms with Crippen LogP contribution in [0.2, 0.25) is 23.2 Å². The van der Waals surface area contributed by atoms with Gasteiger partial charge in [-0.3, -0.25) is 0 Å². The predicted molar refractivity (Wildman–Crippen MR) is 172 cm³/mol. The molecule has 40 heavy (non-hydrogen) atoms. The second-order valence-corrected chi connectivity index (χ2v) is 23.2. The van der Waals surface area contributed by atoms with Crippen molar-refractivity contribution in [3.8, 4) is 0 Å². The molecule has 0 amide bonds. The van der Waals surface area contributed by atoms with Gasteiger partial charge >= 0.3 is 0 Å². The Kier molecular flexibility index (Phi) is 10.2. The highest BCUT2D eigenvalue weighted by atomic mass is 28.4. The fraction of sp³-hybridized carbons (Fsp3) is 0.576. The van der Waals surface area contributed by atoms with E-state index in [1.54, 1.807) is 0 Å². The maximum atomic E-state index is 7.19. The summed E-state index contributed by atoms with van der Waals surface area (Å²) in [6.45, 7) is 24.6. The van der Waals surface area contributed by atoms with Crippen molar-refractivity contribution in [3.05, 3.63) is 72.8 Å². The van der Waals surface area contributed by atoms with Gasteiger partial charge in [-0.1, -0.05) is 114 Å². The van der Waals surface area contributed by atoms with E-state index >= 15 is 0 Å². The van der Waals surface area contributed by atoms with Crippen molar-refractivity contribution < 1.29 is 18.3 Å². The number of hydrogen-bond acceptors (Lipinski definition) is 5. The van der Waals surface area contributed by atoms with E-state index in [4.69, 9.17) is 24.1 Å². The molecule has 7 heteroatoms. The summed E-state index contributed by atoms with van der Waals surface area (Å²) in [7, 11) is -4.61. The van der Waals surface area contributed by atoms with Crippen LogP contribution in [0.5, 0.6) is 0 Å². The maximum absolute atomic E-state index is 7.19. The van der Waals surface area contributed by atoms with Crippen molar-refractivity contribution >= 4 is 27.0 Å². The molecule has 2 aromatic rings. The Morgan fingerprint density at radius 3 is 1.80 bits per heavy atom. The summed E-state index contributed by atoms with van der Waals surface area (Å²) in [4.78, 5) is 0. The molecule has 1 saturated heterocycles. The van der Waals surface area contributed by atoms with Gasteiger partial charge < -0.3 is 24.1 Å². The monoisotopic (exact) mass is 583 g/mol. The van der Waals surface area contributed by atoms with E-state index in [0.29, 0.717) is 6.61 Å². The van der Waals surface area contributed by atoms with Crippen molar-refractivity contribution in [2.75, 3.05) is 6.61 Å². The largest absolute Gasteiger partial charge is 0.414 e. The van der Waals surface area contributed by atoms with Gasteiger partial charge in [-0.05, 0) is 54.3 Å². The topological polar surface area (TPSA) is 62.9 Å². The number of nitrogens with two attached hydrogens (primary N) is 1. The minimum atomic E-state index is -2.67. The summed E-state index contributed by atoms with van der Waals surface area (Å²) in [5.74, 6) is -0.714. The van der Waals surface area contributed by atoms with Gasteiger partial charge in [-0.2, -0.15) is 0 Å². The second-order valence-electron chi connectivity index (χ2n) is 14.2. The Labute approximate surface area is 245 Å². The molecular formula is C33H53NO4Si2. The summed E-state index contributed by atoms with van der Waals surface area (Å²) in [6.07, 6.45) is 3.41. The van der Waals surface area contributed by atoms with Crippen LogP contribution in [0.1, 0.15) is 62.3 Å². The van der Waals surface area contributed by atoms with E-state index < -0.39 is 22.4 Å². The van der Waals surface area contributed by atoms with E-state index in [1.807, 2.05) is 19.9 Å². The van der Waals surface area contributed by atoms with E-state index in [-0.39, 0.29) is 34.4 Å². The molecule has 2 N–H and O–H groups in total. The van der Waals surface area contributed by atoms with Gasteiger partial charge in [0, 0.05) is 0 Å². The molecule has 5 nitrogen and oxygen atoms in total. The summed E-state index contributed by atoms with van der Waals surface area (Å²) in [5, 5.41) is 2.54. The highest BCUT2D eigenvalue weighted by molar-refractivity contribution is 6.99. The van der Waals surface area contributed by atoms with Gasteiger partial charge in [0.05, 0.1) is 18.8 Å². The van der Waals surface area contributed by atoms with Gasteiger partial charge in [0.25, 0.3) is 8.32 Å². The van der Waals surface area contributed by atoms with Gasteiger partial charge in [0.1, 0.15) is 12.2 Å². The standard InChI is InChI=1S/C33H53NO4Si2/c1-25(38-40(32(5,6)7,26-18-14-12-15-19-26)27-20-16-13-17-21-27)22-23-28(34)30-29(36-33(8,9)37-30)24-35-39(10,11)31(2,3)4/h12-23,25,28-30H,24,34H2,1-11H3/b23-22+/t25-,28+,29-,30-/m0/s1. The molecule has 1 aliphatic heterocycles. The molecule has 0 aliphatic carbocycles. The molecule has 3 rings (SSSR count). The fourth-order valence-corrected chi connectivity index (χ4v) is 10.9. The molecule has 0 unspecified atom stereocenters. The van der Waals surface area contributed by atoms with Crippen LogP contribution in [-0.2, 0) is 18.3 Å². The average molecular weight is 584 g/mol. The third kappa shape index (κ3) is 7.43. The molecule has 1 heterocycles. The minimum absolute atomic E-state index is 0.0987. The van der Waals surface area contributed by atoms with Crippen LogP contribution in [-0.4, -0.2) is 53.4 Å². The Hall–Kier alpha value is -1.59. The zero-order valence-corrected chi connectivity index (χ0v) is 28.7. The average Bonchev–Trinajstić information content (AvgIpc) is 3.18. The third-order valence-electron chi connectivity index (χ3n) is 8.40. The van der Waals surface area contributed by atoms with Crippen LogP contribution in [0, 0.1) is 0 Å². The number of rotatable bonds is 10. The van der Waals surface area contributed by atoms with Crippen molar-refractivity contribution in [1.29, 1.82) is 0 Å². The molecule has 0 aromatic heterocycles. The molecule has 0 spiro atoms. The fourth-order valence-electron chi connectivity index (χ4n) is 5.23.